The van der Waals surface area contributed by atoms with Crippen molar-refractivity contribution in [3.63, 3.8) is 0 Å². The second-order valence-corrected chi connectivity index (χ2v) is 6.40. The minimum absolute atomic E-state index is 0.0957. The lowest BCUT2D eigenvalue weighted by atomic mass is 10.1. The fraction of sp³-hybridized carbons (Fsp3) is 0.300. The second-order valence-electron chi connectivity index (χ2n) is 6.40. The summed E-state index contributed by atoms with van der Waals surface area (Å²) >= 11 is 0. The Morgan fingerprint density at radius 3 is 2.56 bits per heavy atom. The molecule has 0 radical (unpaired) electrons. The van der Waals surface area contributed by atoms with E-state index in [2.05, 4.69) is 10.6 Å². The zero-order valence-corrected chi connectivity index (χ0v) is 14.4. The number of carbonyl (C=O) groups excluding carboxylic acids is 2. The zero-order valence-electron chi connectivity index (χ0n) is 14.4. The molecule has 0 saturated heterocycles. The molecule has 1 aliphatic rings. The maximum atomic E-state index is 12.6. The highest BCUT2D eigenvalue weighted by molar-refractivity contribution is 6.06. The number of anilines is 2. The lowest BCUT2D eigenvalue weighted by Crippen LogP contribution is -2.29. The summed E-state index contributed by atoms with van der Waals surface area (Å²) in [5.41, 5.74) is 1.99. The summed E-state index contributed by atoms with van der Waals surface area (Å²) < 4.78 is 0. The summed E-state index contributed by atoms with van der Waals surface area (Å²) in [5.74, 6) is 0.526. The number of hydrogen-bond acceptors (Lipinski definition) is 3. The summed E-state index contributed by atoms with van der Waals surface area (Å²) in [5, 5.41) is 6.00. The van der Waals surface area contributed by atoms with Crippen molar-refractivity contribution in [2.45, 2.75) is 12.8 Å². The van der Waals surface area contributed by atoms with E-state index in [-0.39, 0.29) is 11.8 Å². The van der Waals surface area contributed by atoms with Crippen LogP contribution in [0.15, 0.2) is 54.6 Å². The van der Waals surface area contributed by atoms with E-state index in [9.17, 15) is 9.59 Å². The number of rotatable bonds is 7. The first-order chi connectivity index (χ1) is 12.1. The summed E-state index contributed by atoms with van der Waals surface area (Å²) in [6, 6.07) is 16.5. The molecule has 2 amide bonds. The van der Waals surface area contributed by atoms with Crippen molar-refractivity contribution >= 4 is 23.2 Å². The zero-order chi connectivity index (χ0) is 17.6. The van der Waals surface area contributed by atoms with Gasteiger partial charge in [-0.25, -0.2) is 0 Å². The van der Waals surface area contributed by atoms with Crippen LogP contribution < -0.4 is 15.5 Å². The molecule has 5 nitrogen and oxygen atoms in total. The highest BCUT2D eigenvalue weighted by atomic mass is 16.2. The van der Waals surface area contributed by atoms with Crippen LogP contribution in [0.2, 0.25) is 0 Å². The Labute approximate surface area is 148 Å². The van der Waals surface area contributed by atoms with Gasteiger partial charge in [0.15, 0.2) is 0 Å². The Morgan fingerprint density at radius 1 is 1.08 bits per heavy atom. The maximum Gasteiger partial charge on any atom is 0.258 e. The van der Waals surface area contributed by atoms with Crippen LogP contribution in [0.3, 0.4) is 0 Å². The van der Waals surface area contributed by atoms with E-state index in [0.29, 0.717) is 17.8 Å². The summed E-state index contributed by atoms with van der Waals surface area (Å²) in [7, 11) is 1.74. The molecule has 1 fully saturated rings. The van der Waals surface area contributed by atoms with Crippen molar-refractivity contribution in [3.8, 4) is 0 Å². The predicted molar refractivity (Wildman–Crippen MR) is 99.8 cm³/mol. The summed E-state index contributed by atoms with van der Waals surface area (Å²) in [6.45, 7) is 1.19. The molecular formula is C20H23N3O2. The lowest BCUT2D eigenvalue weighted by molar-refractivity contribution is -0.115. The molecule has 3 rings (SSSR count). The van der Waals surface area contributed by atoms with Gasteiger partial charge in [-0.15, -0.1) is 0 Å². The first kappa shape index (κ1) is 17.2. The van der Waals surface area contributed by atoms with Crippen LogP contribution in [-0.2, 0) is 4.79 Å². The molecule has 5 heteroatoms. The molecule has 0 unspecified atom stereocenters. The van der Waals surface area contributed by atoms with Crippen LogP contribution in [0.1, 0.15) is 23.2 Å². The average molecular weight is 337 g/mol. The van der Waals surface area contributed by atoms with E-state index in [4.69, 9.17) is 0 Å². The van der Waals surface area contributed by atoms with E-state index in [1.807, 2.05) is 30.3 Å². The van der Waals surface area contributed by atoms with Gasteiger partial charge >= 0.3 is 0 Å². The standard InChI is InChI=1S/C20H23N3O2/c1-23(18-8-3-2-4-9-18)20(25)16-6-5-7-17(12-16)22-19(24)14-21-13-15-10-11-15/h2-9,12,15,21H,10-11,13-14H2,1H3,(H,22,24). The van der Waals surface area contributed by atoms with Crippen LogP contribution in [0, 0.1) is 5.92 Å². The van der Waals surface area contributed by atoms with Gasteiger partial charge in [0, 0.05) is 24.0 Å². The highest BCUT2D eigenvalue weighted by Crippen LogP contribution is 2.27. The number of benzene rings is 2. The van der Waals surface area contributed by atoms with Gasteiger partial charge in [-0.05, 0) is 55.6 Å². The smallest absolute Gasteiger partial charge is 0.258 e. The Hall–Kier alpha value is -2.66. The summed E-state index contributed by atoms with van der Waals surface area (Å²) in [6.07, 6.45) is 2.52. The predicted octanol–water partition coefficient (Wildman–Crippen LogP) is 2.90. The second kappa shape index (κ2) is 7.94. The van der Waals surface area contributed by atoms with Crippen LogP contribution in [-0.4, -0.2) is 32.0 Å². The van der Waals surface area contributed by atoms with Crippen LogP contribution in [0.4, 0.5) is 11.4 Å². The summed E-state index contributed by atoms with van der Waals surface area (Å²) in [4.78, 5) is 26.2. The highest BCUT2D eigenvalue weighted by Gasteiger charge is 2.20. The third kappa shape index (κ3) is 4.90. The van der Waals surface area contributed by atoms with Gasteiger partial charge in [0.1, 0.15) is 0 Å². The number of carbonyl (C=O) groups is 2. The van der Waals surface area contributed by atoms with E-state index < -0.39 is 0 Å². The minimum atomic E-state index is -0.117. The average Bonchev–Trinajstić information content (AvgIpc) is 3.46. The van der Waals surface area contributed by atoms with Gasteiger partial charge in [-0.2, -0.15) is 0 Å². The van der Waals surface area contributed by atoms with E-state index >= 15 is 0 Å². The fourth-order valence-electron chi connectivity index (χ4n) is 2.61. The molecule has 2 N–H and O–H groups in total. The van der Waals surface area contributed by atoms with Gasteiger partial charge < -0.3 is 15.5 Å². The van der Waals surface area contributed by atoms with Crippen molar-refractivity contribution < 1.29 is 9.59 Å². The van der Waals surface area contributed by atoms with Crippen molar-refractivity contribution in [1.82, 2.24) is 5.32 Å². The monoisotopic (exact) mass is 337 g/mol. The molecule has 0 atom stereocenters. The molecule has 1 aliphatic carbocycles. The third-order valence-corrected chi connectivity index (χ3v) is 4.26. The molecule has 2 aromatic rings. The van der Waals surface area contributed by atoms with Gasteiger partial charge in [0.25, 0.3) is 5.91 Å². The molecule has 130 valence electrons. The molecule has 0 spiro atoms. The normalized spacial score (nSPS) is 13.3. The first-order valence-corrected chi connectivity index (χ1v) is 8.57. The quantitative estimate of drug-likeness (QED) is 0.817. The fourth-order valence-corrected chi connectivity index (χ4v) is 2.61. The molecule has 1 saturated carbocycles. The number of para-hydroxylation sites is 1. The van der Waals surface area contributed by atoms with Gasteiger partial charge in [-0.1, -0.05) is 24.3 Å². The van der Waals surface area contributed by atoms with Gasteiger partial charge in [-0.3, -0.25) is 9.59 Å². The van der Waals surface area contributed by atoms with E-state index in [0.717, 1.165) is 18.2 Å². The minimum Gasteiger partial charge on any atom is -0.325 e. The lowest BCUT2D eigenvalue weighted by Gasteiger charge is -2.17. The van der Waals surface area contributed by atoms with E-state index in [1.165, 1.54) is 12.8 Å². The number of nitrogens with one attached hydrogen (secondary N) is 2. The van der Waals surface area contributed by atoms with E-state index in [1.54, 1.807) is 36.2 Å². The Kier molecular flexibility index (Phi) is 5.46. The first-order valence-electron chi connectivity index (χ1n) is 8.57. The van der Waals surface area contributed by atoms with Crippen molar-refractivity contribution in [2.75, 3.05) is 30.4 Å². The molecule has 2 aromatic carbocycles. The molecular weight excluding hydrogens is 314 g/mol. The molecule has 25 heavy (non-hydrogen) atoms. The van der Waals surface area contributed by atoms with Crippen LogP contribution in [0.25, 0.3) is 0 Å². The van der Waals surface area contributed by atoms with Crippen molar-refractivity contribution in [1.29, 1.82) is 0 Å². The van der Waals surface area contributed by atoms with Crippen LogP contribution in [0.5, 0.6) is 0 Å². The molecule has 0 heterocycles. The Balaban J connectivity index is 1.60. The molecule has 0 bridgehead atoms. The molecule has 0 aromatic heterocycles. The van der Waals surface area contributed by atoms with Crippen molar-refractivity contribution in [3.05, 3.63) is 60.2 Å². The van der Waals surface area contributed by atoms with Crippen LogP contribution >= 0.6 is 0 Å². The largest absolute Gasteiger partial charge is 0.325 e. The topological polar surface area (TPSA) is 61.4 Å². The maximum absolute atomic E-state index is 12.6. The molecule has 0 aliphatic heterocycles. The SMILES string of the molecule is CN(C(=O)c1cccc(NC(=O)CNCC2CC2)c1)c1ccccc1. The third-order valence-electron chi connectivity index (χ3n) is 4.26. The van der Waals surface area contributed by atoms with Gasteiger partial charge in [0.05, 0.1) is 6.54 Å². The van der Waals surface area contributed by atoms with Gasteiger partial charge in [0.2, 0.25) is 5.91 Å². The Morgan fingerprint density at radius 2 is 1.84 bits per heavy atom. The van der Waals surface area contributed by atoms with Crippen molar-refractivity contribution in [2.24, 2.45) is 5.92 Å². The number of hydrogen-bond donors (Lipinski definition) is 2. The Bertz CT molecular complexity index is 742. The number of nitrogens with zero attached hydrogens (tertiary/aromatic N) is 1. The number of amides is 2.